The minimum atomic E-state index is -1.03. The normalized spacial score (nSPS) is 10.7. The third-order valence-electron chi connectivity index (χ3n) is 1.79. The van der Waals surface area contributed by atoms with Crippen molar-refractivity contribution in [1.29, 1.82) is 0 Å². The average Bonchev–Trinajstić information content (AvgIpc) is 2.55. The third kappa shape index (κ3) is 1.29. The molecule has 1 N–H and O–H groups in total. The number of rotatable bonds is 1. The van der Waals surface area contributed by atoms with E-state index < -0.39 is 5.97 Å². The minimum Gasteiger partial charge on any atom is -0.477 e. The number of hydrogen-bond donors (Lipinski definition) is 1. The Kier molecular flexibility index (Phi) is 2.20. The topological polar surface area (TPSA) is 54.6 Å². The first-order valence-corrected chi connectivity index (χ1v) is 4.82. The standard InChI is InChI=1S/C8H4BrClN2O2/c9-4-1-2-12-5(8(13)14)3-11-7(12)6(4)10/h1-3H,(H,13,14). The van der Waals surface area contributed by atoms with E-state index in [1.54, 1.807) is 12.3 Å². The number of fused-ring (bicyclic) bond motifs is 1. The summed E-state index contributed by atoms with van der Waals surface area (Å²) in [6.07, 6.45) is 2.87. The van der Waals surface area contributed by atoms with E-state index in [0.29, 0.717) is 15.1 Å². The highest BCUT2D eigenvalue weighted by atomic mass is 79.9. The molecule has 2 aromatic rings. The molecule has 0 aliphatic heterocycles. The van der Waals surface area contributed by atoms with Gasteiger partial charge in [0.2, 0.25) is 0 Å². The molecule has 72 valence electrons. The van der Waals surface area contributed by atoms with Gasteiger partial charge < -0.3 is 5.11 Å². The molecule has 4 nitrogen and oxygen atoms in total. The SMILES string of the molecule is O=C(O)c1cnc2c(Cl)c(Br)ccn12. The maximum Gasteiger partial charge on any atom is 0.354 e. The van der Waals surface area contributed by atoms with Gasteiger partial charge in [-0.05, 0) is 22.0 Å². The smallest absolute Gasteiger partial charge is 0.354 e. The molecule has 2 heterocycles. The number of aromatic carboxylic acids is 1. The highest BCUT2D eigenvalue weighted by molar-refractivity contribution is 9.10. The molecule has 0 fully saturated rings. The fourth-order valence-electron chi connectivity index (χ4n) is 1.15. The number of pyridine rings is 1. The Balaban J connectivity index is 2.83. The van der Waals surface area contributed by atoms with Crippen molar-refractivity contribution in [2.45, 2.75) is 0 Å². The van der Waals surface area contributed by atoms with Crippen LogP contribution in [0.1, 0.15) is 10.5 Å². The molecule has 2 aromatic heterocycles. The van der Waals surface area contributed by atoms with Gasteiger partial charge in [-0.2, -0.15) is 0 Å². The summed E-state index contributed by atoms with van der Waals surface area (Å²) in [5, 5.41) is 9.22. The molecule has 0 bridgehead atoms. The second kappa shape index (κ2) is 3.25. The zero-order chi connectivity index (χ0) is 10.3. The number of hydrogen-bond acceptors (Lipinski definition) is 2. The number of imidazole rings is 1. The van der Waals surface area contributed by atoms with Gasteiger partial charge in [0.15, 0.2) is 11.3 Å². The molecule has 0 amide bonds. The monoisotopic (exact) mass is 274 g/mol. The van der Waals surface area contributed by atoms with Crippen molar-refractivity contribution in [1.82, 2.24) is 9.38 Å². The van der Waals surface area contributed by atoms with E-state index in [2.05, 4.69) is 20.9 Å². The van der Waals surface area contributed by atoms with Crippen LogP contribution in [0.5, 0.6) is 0 Å². The summed E-state index contributed by atoms with van der Waals surface area (Å²) in [5.41, 5.74) is 0.521. The number of nitrogens with zero attached hydrogens (tertiary/aromatic N) is 2. The Labute approximate surface area is 92.3 Å². The van der Waals surface area contributed by atoms with E-state index in [4.69, 9.17) is 16.7 Å². The molecule has 0 saturated heterocycles. The zero-order valence-corrected chi connectivity index (χ0v) is 9.08. The minimum absolute atomic E-state index is 0.0920. The molecular weight excluding hydrogens is 271 g/mol. The molecule has 0 radical (unpaired) electrons. The van der Waals surface area contributed by atoms with Crippen LogP contribution in [-0.2, 0) is 0 Å². The first-order chi connectivity index (χ1) is 6.61. The van der Waals surface area contributed by atoms with Gasteiger partial charge in [-0.3, -0.25) is 4.40 Å². The first kappa shape index (κ1) is 9.48. The van der Waals surface area contributed by atoms with Crippen LogP contribution >= 0.6 is 27.5 Å². The summed E-state index contributed by atoms with van der Waals surface area (Å²) >= 11 is 9.15. The summed E-state index contributed by atoms with van der Waals surface area (Å²) in [7, 11) is 0. The van der Waals surface area contributed by atoms with Gasteiger partial charge in [-0.1, -0.05) is 11.6 Å². The highest BCUT2D eigenvalue weighted by Crippen LogP contribution is 2.26. The molecule has 2 rings (SSSR count). The highest BCUT2D eigenvalue weighted by Gasteiger charge is 2.13. The Morgan fingerprint density at radius 1 is 1.64 bits per heavy atom. The predicted molar refractivity (Wildman–Crippen MR) is 54.9 cm³/mol. The largest absolute Gasteiger partial charge is 0.477 e. The molecule has 6 heteroatoms. The molecule has 14 heavy (non-hydrogen) atoms. The van der Waals surface area contributed by atoms with Crippen LogP contribution in [0.25, 0.3) is 5.65 Å². The lowest BCUT2D eigenvalue weighted by Crippen LogP contribution is -2.01. The molecule has 0 aliphatic carbocycles. The van der Waals surface area contributed by atoms with Gasteiger partial charge in [0.25, 0.3) is 0 Å². The molecule has 0 saturated carbocycles. The molecule has 0 aliphatic rings. The fourth-order valence-corrected chi connectivity index (χ4v) is 1.65. The Bertz CT molecular complexity index is 523. The molecule has 0 aromatic carbocycles. The van der Waals surface area contributed by atoms with Crippen LogP contribution in [0.2, 0.25) is 5.02 Å². The number of carbonyl (C=O) groups is 1. The number of halogens is 2. The van der Waals surface area contributed by atoms with Crippen molar-refractivity contribution in [2.24, 2.45) is 0 Å². The van der Waals surface area contributed by atoms with Crippen molar-refractivity contribution in [3.63, 3.8) is 0 Å². The summed E-state index contributed by atoms with van der Waals surface area (Å²) in [4.78, 5) is 14.7. The molecular formula is C8H4BrClN2O2. The second-order valence-electron chi connectivity index (χ2n) is 2.62. The fraction of sp³-hybridized carbons (Fsp3) is 0. The van der Waals surface area contributed by atoms with Crippen LogP contribution in [-0.4, -0.2) is 20.5 Å². The van der Waals surface area contributed by atoms with E-state index >= 15 is 0 Å². The van der Waals surface area contributed by atoms with Gasteiger partial charge in [0.1, 0.15) is 0 Å². The van der Waals surface area contributed by atoms with E-state index in [0.717, 1.165) is 0 Å². The summed E-state index contributed by atoms with van der Waals surface area (Å²) in [6, 6.07) is 1.67. The Hall–Kier alpha value is -1.07. The van der Waals surface area contributed by atoms with Crippen molar-refractivity contribution in [3.8, 4) is 0 Å². The van der Waals surface area contributed by atoms with Gasteiger partial charge in [0, 0.05) is 10.7 Å². The molecule has 0 spiro atoms. The molecule has 0 atom stereocenters. The lowest BCUT2D eigenvalue weighted by atomic mass is 10.4. The van der Waals surface area contributed by atoms with E-state index in [9.17, 15) is 4.79 Å². The number of carboxylic acid groups (broad SMARTS) is 1. The zero-order valence-electron chi connectivity index (χ0n) is 6.74. The van der Waals surface area contributed by atoms with Crippen LogP contribution in [0, 0.1) is 0 Å². The number of aromatic nitrogens is 2. The first-order valence-electron chi connectivity index (χ1n) is 3.65. The summed E-state index contributed by atoms with van der Waals surface area (Å²) in [6.45, 7) is 0. The Morgan fingerprint density at radius 3 is 3.00 bits per heavy atom. The van der Waals surface area contributed by atoms with E-state index in [1.165, 1.54) is 10.6 Å². The Morgan fingerprint density at radius 2 is 2.36 bits per heavy atom. The second-order valence-corrected chi connectivity index (χ2v) is 3.85. The summed E-state index contributed by atoms with van der Waals surface area (Å²) in [5.74, 6) is -1.03. The number of carboxylic acids is 1. The maximum absolute atomic E-state index is 10.8. The van der Waals surface area contributed by atoms with Crippen molar-refractivity contribution < 1.29 is 9.90 Å². The van der Waals surface area contributed by atoms with Crippen molar-refractivity contribution >= 4 is 39.1 Å². The van der Waals surface area contributed by atoms with Crippen LogP contribution in [0.4, 0.5) is 0 Å². The van der Waals surface area contributed by atoms with Crippen LogP contribution in [0.3, 0.4) is 0 Å². The van der Waals surface area contributed by atoms with Gasteiger partial charge in [0.05, 0.1) is 11.2 Å². The molecule has 0 unspecified atom stereocenters. The van der Waals surface area contributed by atoms with E-state index in [-0.39, 0.29) is 5.69 Å². The van der Waals surface area contributed by atoms with Gasteiger partial charge in [-0.25, -0.2) is 9.78 Å². The average molecular weight is 275 g/mol. The maximum atomic E-state index is 10.8. The van der Waals surface area contributed by atoms with Gasteiger partial charge >= 0.3 is 5.97 Å². The van der Waals surface area contributed by atoms with Crippen LogP contribution in [0.15, 0.2) is 22.9 Å². The van der Waals surface area contributed by atoms with E-state index in [1.807, 2.05) is 0 Å². The van der Waals surface area contributed by atoms with Crippen molar-refractivity contribution in [3.05, 3.63) is 33.6 Å². The lowest BCUT2D eigenvalue weighted by molar-refractivity contribution is 0.0689. The van der Waals surface area contributed by atoms with Crippen LogP contribution < -0.4 is 0 Å². The third-order valence-corrected chi connectivity index (χ3v) is 3.05. The quantitative estimate of drug-likeness (QED) is 0.870. The summed E-state index contributed by atoms with van der Waals surface area (Å²) < 4.78 is 2.12. The lowest BCUT2D eigenvalue weighted by Gasteiger charge is -1.99. The predicted octanol–water partition coefficient (Wildman–Crippen LogP) is 2.45. The van der Waals surface area contributed by atoms with Gasteiger partial charge in [-0.15, -0.1) is 0 Å². The van der Waals surface area contributed by atoms with Crippen molar-refractivity contribution in [2.75, 3.05) is 0 Å².